The maximum Gasteiger partial charge on any atom is 0.243 e. The Labute approximate surface area is 205 Å². The van der Waals surface area contributed by atoms with Crippen molar-refractivity contribution in [3.63, 3.8) is 0 Å². The zero-order valence-corrected chi connectivity index (χ0v) is 21.5. The van der Waals surface area contributed by atoms with Gasteiger partial charge >= 0.3 is 0 Å². The molecule has 34 heavy (non-hydrogen) atoms. The Hall–Kier alpha value is -1.95. The number of carbonyl (C=O) groups is 2. The second-order valence-corrected chi connectivity index (χ2v) is 12.0. The second kappa shape index (κ2) is 9.96. The Bertz CT molecular complexity index is 908. The summed E-state index contributed by atoms with van der Waals surface area (Å²) in [6, 6.07) is 4.62. The number of nitrogens with zero attached hydrogens (tertiary/aromatic N) is 2. The van der Waals surface area contributed by atoms with E-state index in [1.807, 2.05) is 6.07 Å². The van der Waals surface area contributed by atoms with Crippen LogP contribution in [0.15, 0.2) is 18.2 Å². The van der Waals surface area contributed by atoms with Crippen molar-refractivity contribution in [2.24, 2.45) is 5.41 Å². The molecule has 190 valence electrons. The van der Waals surface area contributed by atoms with Crippen LogP contribution in [-0.2, 0) is 15.0 Å². The van der Waals surface area contributed by atoms with E-state index in [9.17, 15) is 14.0 Å². The lowest BCUT2D eigenvalue weighted by Crippen LogP contribution is -2.53. The summed E-state index contributed by atoms with van der Waals surface area (Å²) in [6.45, 7) is 12.2. The first kappa shape index (κ1) is 25.2. The molecule has 2 saturated heterocycles. The highest BCUT2D eigenvalue weighted by Gasteiger charge is 2.43. The lowest BCUT2D eigenvalue weighted by atomic mass is 9.63. The molecule has 6 heteroatoms. The minimum atomic E-state index is -0.392. The number of likely N-dealkylation sites (tertiary alicyclic amines) is 2. The molecule has 2 fully saturated rings. The van der Waals surface area contributed by atoms with E-state index in [1.165, 1.54) is 12.5 Å². The number of rotatable bonds is 4. The number of hydrogen-bond donors (Lipinski definition) is 1. The average Bonchev–Trinajstić information content (AvgIpc) is 2.80. The highest BCUT2D eigenvalue weighted by molar-refractivity contribution is 5.87. The van der Waals surface area contributed by atoms with Crippen molar-refractivity contribution < 1.29 is 15.4 Å². The summed E-state index contributed by atoms with van der Waals surface area (Å²) in [5, 5.41) is 3.25. The van der Waals surface area contributed by atoms with Crippen molar-refractivity contribution in [3.05, 3.63) is 35.1 Å². The van der Waals surface area contributed by atoms with E-state index in [4.69, 9.17) is 0 Å². The SMILES string of the molecule is CC(=O)N1CCCC[C@H]1C(=O)N[C@H]1CCC2(CCN(CCC(C)(C)C)CC2)c2cc(F)ccc21.[HH]. The first-order valence-electron chi connectivity index (χ1n) is 13.2. The van der Waals surface area contributed by atoms with E-state index < -0.39 is 6.04 Å². The largest absolute Gasteiger partial charge is 0.347 e. The molecule has 1 aromatic carbocycles. The van der Waals surface area contributed by atoms with Gasteiger partial charge in [-0.15, -0.1) is 0 Å². The van der Waals surface area contributed by atoms with Gasteiger partial charge in [0.2, 0.25) is 11.8 Å². The van der Waals surface area contributed by atoms with Gasteiger partial charge < -0.3 is 15.1 Å². The molecule has 2 atom stereocenters. The van der Waals surface area contributed by atoms with Gasteiger partial charge in [-0.3, -0.25) is 9.59 Å². The number of hydrogen-bond acceptors (Lipinski definition) is 3. The molecule has 5 nitrogen and oxygen atoms in total. The van der Waals surface area contributed by atoms with Crippen LogP contribution in [0.5, 0.6) is 0 Å². The van der Waals surface area contributed by atoms with Crippen LogP contribution in [-0.4, -0.2) is 53.8 Å². The minimum absolute atomic E-state index is 0. The van der Waals surface area contributed by atoms with Gasteiger partial charge in [0.25, 0.3) is 0 Å². The summed E-state index contributed by atoms with van der Waals surface area (Å²) in [5.41, 5.74) is 2.48. The topological polar surface area (TPSA) is 52.7 Å². The molecule has 2 aliphatic heterocycles. The van der Waals surface area contributed by atoms with Gasteiger partial charge in [-0.25, -0.2) is 4.39 Å². The fourth-order valence-electron chi connectivity index (χ4n) is 6.22. The van der Waals surface area contributed by atoms with Gasteiger partial charge in [-0.05, 0) is 105 Å². The highest BCUT2D eigenvalue weighted by Crippen LogP contribution is 2.48. The number of carbonyl (C=O) groups excluding carboxylic acids is 2. The first-order valence-corrected chi connectivity index (χ1v) is 13.2. The van der Waals surface area contributed by atoms with E-state index in [0.717, 1.165) is 69.3 Å². The lowest BCUT2D eigenvalue weighted by Gasteiger charge is -2.48. The molecule has 1 aliphatic carbocycles. The van der Waals surface area contributed by atoms with Crippen molar-refractivity contribution in [3.8, 4) is 0 Å². The van der Waals surface area contributed by atoms with Gasteiger partial charge in [0.1, 0.15) is 11.9 Å². The molecule has 3 aliphatic rings. The van der Waals surface area contributed by atoms with E-state index in [0.29, 0.717) is 18.4 Å². The van der Waals surface area contributed by atoms with Crippen molar-refractivity contribution in [2.45, 2.75) is 96.6 Å². The third-order valence-electron chi connectivity index (χ3n) is 8.39. The van der Waals surface area contributed by atoms with Crippen LogP contribution >= 0.6 is 0 Å². The van der Waals surface area contributed by atoms with Crippen LogP contribution in [0.3, 0.4) is 0 Å². The number of halogens is 1. The summed E-state index contributed by atoms with van der Waals surface area (Å²) in [4.78, 5) is 29.6. The van der Waals surface area contributed by atoms with Crippen molar-refractivity contribution in [1.29, 1.82) is 0 Å². The van der Waals surface area contributed by atoms with Gasteiger partial charge in [0.15, 0.2) is 0 Å². The molecule has 2 heterocycles. The number of amides is 2. The maximum absolute atomic E-state index is 14.4. The van der Waals surface area contributed by atoms with Crippen LogP contribution in [0.25, 0.3) is 0 Å². The van der Waals surface area contributed by atoms with Crippen molar-refractivity contribution in [2.75, 3.05) is 26.2 Å². The molecule has 2 amide bonds. The summed E-state index contributed by atoms with van der Waals surface area (Å²) in [6.07, 6.45) is 7.69. The molecule has 4 rings (SSSR count). The number of fused-ring (bicyclic) bond motifs is 2. The molecular formula is C28H44FN3O2. The molecule has 0 bridgehead atoms. The van der Waals surface area contributed by atoms with Crippen molar-refractivity contribution in [1.82, 2.24) is 15.1 Å². The number of piperidine rings is 2. The van der Waals surface area contributed by atoms with E-state index in [-0.39, 0.29) is 30.5 Å². The van der Waals surface area contributed by atoms with Crippen LogP contribution in [0.2, 0.25) is 0 Å². The average molecular weight is 474 g/mol. The fraction of sp³-hybridized carbons (Fsp3) is 0.714. The van der Waals surface area contributed by atoms with Crippen LogP contribution in [0, 0.1) is 11.2 Å². The predicted molar refractivity (Wildman–Crippen MR) is 135 cm³/mol. The molecule has 1 aromatic rings. The quantitative estimate of drug-likeness (QED) is 0.654. The Morgan fingerprint density at radius 1 is 1.12 bits per heavy atom. The zero-order valence-electron chi connectivity index (χ0n) is 21.5. The third-order valence-corrected chi connectivity index (χ3v) is 8.39. The Morgan fingerprint density at radius 2 is 1.85 bits per heavy atom. The standard InChI is InChI=1S/C28H42FN3O2.H2/c1-20(33)32-15-6-5-7-25(32)26(34)30-24-10-11-28(23-19-21(29)8-9-22(23)24)13-17-31(18-14-28)16-12-27(2,3)4;/h8-9,19,24-25H,5-7,10-18H2,1-4H3,(H,30,34);1H/t24-,25-;/m0./s1. The number of nitrogens with one attached hydrogen (secondary N) is 1. The van der Waals surface area contributed by atoms with E-state index in [2.05, 4.69) is 31.0 Å². The van der Waals surface area contributed by atoms with Gasteiger partial charge in [0.05, 0.1) is 6.04 Å². The summed E-state index contributed by atoms with van der Waals surface area (Å²) >= 11 is 0. The van der Waals surface area contributed by atoms with Gasteiger partial charge in [-0.1, -0.05) is 26.8 Å². The van der Waals surface area contributed by atoms with E-state index in [1.54, 1.807) is 17.9 Å². The molecular weight excluding hydrogens is 429 g/mol. The van der Waals surface area contributed by atoms with E-state index >= 15 is 0 Å². The summed E-state index contributed by atoms with van der Waals surface area (Å²) in [7, 11) is 0. The van der Waals surface area contributed by atoms with Crippen LogP contribution < -0.4 is 5.32 Å². The molecule has 0 unspecified atom stereocenters. The molecule has 0 aromatic heterocycles. The molecule has 1 N–H and O–H groups in total. The second-order valence-electron chi connectivity index (χ2n) is 12.0. The molecule has 0 saturated carbocycles. The first-order chi connectivity index (χ1) is 16.1. The minimum Gasteiger partial charge on any atom is -0.347 e. The van der Waals surface area contributed by atoms with Gasteiger partial charge in [0, 0.05) is 14.9 Å². The predicted octanol–water partition coefficient (Wildman–Crippen LogP) is 5.19. The normalized spacial score (nSPS) is 25.1. The zero-order chi connectivity index (χ0) is 24.5. The fourth-order valence-corrected chi connectivity index (χ4v) is 6.22. The maximum atomic E-state index is 14.4. The molecule has 1 spiro atoms. The van der Waals surface area contributed by atoms with Crippen LogP contribution in [0.4, 0.5) is 4.39 Å². The Morgan fingerprint density at radius 3 is 2.53 bits per heavy atom. The lowest BCUT2D eigenvalue weighted by molar-refractivity contribution is -0.141. The Balaban J connectivity index is 0.00000342. The Kier molecular flexibility index (Phi) is 7.37. The summed E-state index contributed by atoms with van der Waals surface area (Å²) < 4.78 is 14.4. The van der Waals surface area contributed by atoms with Crippen molar-refractivity contribution >= 4 is 11.8 Å². The smallest absolute Gasteiger partial charge is 0.243 e. The monoisotopic (exact) mass is 473 g/mol. The summed E-state index contributed by atoms with van der Waals surface area (Å²) in [5.74, 6) is -0.304. The van der Waals surface area contributed by atoms with Crippen LogP contribution in [0.1, 0.15) is 97.7 Å². The number of benzene rings is 1. The highest BCUT2D eigenvalue weighted by atomic mass is 19.1. The molecule has 0 radical (unpaired) electrons. The van der Waals surface area contributed by atoms with Gasteiger partial charge in [-0.2, -0.15) is 0 Å². The third kappa shape index (κ3) is 5.48.